The van der Waals surface area contributed by atoms with Crippen molar-refractivity contribution in [3.8, 4) is 11.3 Å². The minimum absolute atomic E-state index is 0.170. The molecule has 0 radical (unpaired) electrons. The Hall–Kier alpha value is -3.71. The van der Waals surface area contributed by atoms with Gasteiger partial charge < -0.3 is 16.0 Å². The molecule has 31 heavy (non-hydrogen) atoms. The molecule has 0 aliphatic heterocycles. The fourth-order valence-electron chi connectivity index (χ4n) is 4.42. The molecule has 156 valence electrons. The number of hydrogen-bond donors (Lipinski definition) is 3. The zero-order chi connectivity index (χ0) is 21.6. The molecule has 0 unspecified atom stereocenters. The van der Waals surface area contributed by atoms with Gasteiger partial charge in [0.05, 0.1) is 5.60 Å². The third kappa shape index (κ3) is 3.33. The maximum absolute atomic E-state index is 10.2. The summed E-state index contributed by atoms with van der Waals surface area (Å²) in [5.74, 6) is 1.47. The lowest BCUT2D eigenvalue weighted by Gasteiger charge is -2.40. The molecular formula is C24H23N5O2. The van der Waals surface area contributed by atoms with E-state index >= 15 is 0 Å². The first-order valence-corrected chi connectivity index (χ1v) is 10.2. The number of nitrogens with zero attached hydrogens (tertiary/aromatic N) is 4. The molecule has 0 saturated heterocycles. The Kier molecular flexibility index (Phi) is 4.48. The molecule has 5 rings (SSSR count). The van der Waals surface area contributed by atoms with Crippen LogP contribution in [0.4, 0.5) is 5.82 Å². The van der Waals surface area contributed by atoms with Gasteiger partial charge in [-0.2, -0.15) is 0 Å². The molecule has 0 amide bonds. The second kappa shape index (κ2) is 7.21. The fourth-order valence-corrected chi connectivity index (χ4v) is 4.42. The average molecular weight is 413 g/mol. The lowest BCUT2D eigenvalue weighted by Crippen LogP contribution is -2.40. The van der Waals surface area contributed by atoms with Crippen LogP contribution >= 0.6 is 0 Å². The fraction of sp³-hybridized carbons (Fsp3) is 0.208. The number of fused-ring (bicyclic) bond motifs is 1. The van der Waals surface area contributed by atoms with Gasteiger partial charge in [0, 0.05) is 35.0 Å². The third-order valence-corrected chi connectivity index (χ3v) is 5.93. The van der Waals surface area contributed by atoms with E-state index in [0.717, 1.165) is 33.7 Å². The minimum atomic E-state index is -0.644. The van der Waals surface area contributed by atoms with Crippen LogP contribution in [0.1, 0.15) is 42.6 Å². The molecule has 0 bridgehead atoms. The van der Waals surface area contributed by atoms with Crippen LogP contribution < -0.4 is 5.73 Å². The number of oxime groups is 1. The van der Waals surface area contributed by atoms with E-state index in [2.05, 4.69) is 10.1 Å². The zero-order valence-electron chi connectivity index (χ0n) is 17.1. The second-order valence-electron chi connectivity index (χ2n) is 8.34. The highest BCUT2D eigenvalue weighted by Gasteiger charge is 2.41. The van der Waals surface area contributed by atoms with Crippen LogP contribution in [0.5, 0.6) is 0 Å². The van der Waals surface area contributed by atoms with Crippen molar-refractivity contribution in [1.82, 2.24) is 14.4 Å². The van der Waals surface area contributed by atoms with E-state index in [4.69, 9.17) is 10.7 Å². The van der Waals surface area contributed by atoms with Gasteiger partial charge in [0.2, 0.25) is 0 Å². The van der Waals surface area contributed by atoms with Crippen LogP contribution in [0.3, 0.4) is 0 Å². The largest absolute Gasteiger partial charge is 0.410 e. The van der Waals surface area contributed by atoms with E-state index < -0.39 is 5.60 Å². The van der Waals surface area contributed by atoms with Gasteiger partial charge in [-0.1, -0.05) is 59.8 Å². The number of imidazole rings is 1. The van der Waals surface area contributed by atoms with Crippen LogP contribution in [0.2, 0.25) is 0 Å². The second-order valence-corrected chi connectivity index (χ2v) is 8.34. The van der Waals surface area contributed by atoms with Crippen LogP contribution in [-0.4, -0.2) is 36.0 Å². The third-order valence-electron chi connectivity index (χ3n) is 5.93. The van der Waals surface area contributed by atoms with Crippen LogP contribution in [0.25, 0.3) is 16.8 Å². The first-order valence-electron chi connectivity index (χ1n) is 10.2. The molecular weight excluding hydrogens is 390 g/mol. The number of nitrogen functional groups attached to an aromatic ring is 1. The quantitative estimate of drug-likeness (QED) is 0.268. The van der Waals surface area contributed by atoms with Crippen LogP contribution in [0.15, 0.2) is 72.1 Å². The van der Waals surface area contributed by atoms with E-state index in [0.29, 0.717) is 24.4 Å². The Labute approximate surface area is 179 Å². The molecule has 0 spiro atoms. The number of rotatable bonds is 4. The van der Waals surface area contributed by atoms with Crippen LogP contribution in [0, 0.1) is 0 Å². The number of anilines is 1. The summed E-state index contributed by atoms with van der Waals surface area (Å²) in [4.78, 5) is 9.17. The van der Waals surface area contributed by atoms with Crippen molar-refractivity contribution in [3.63, 3.8) is 0 Å². The van der Waals surface area contributed by atoms with Gasteiger partial charge >= 0.3 is 0 Å². The summed E-state index contributed by atoms with van der Waals surface area (Å²) in [6.45, 7) is 1.85. The van der Waals surface area contributed by atoms with E-state index in [-0.39, 0.29) is 5.92 Å². The summed E-state index contributed by atoms with van der Waals surface area (Å²) in [6.07, 6.45) is 4.87. The average Bonchev–Trinajstić information content (AvgIpc) is 3.14. The monoisotopic (exact) mass is 413 g/mol. The summed E-state index contributed by atoms with van der Waals surface area (Å²) in [5, 5.41) is 23.3. The van der Waals surface area contributed by atoms with Gasteiger partial charge in [0.1, 0.15) is 28.6 Å². The first-order chi connectivity index (χ1) is 15.0. The summed E-state index contributed by atoms with van der Waals surface area (Å²) < 4.78 is 1.98. The summed E-state index contributed by atoms with van der Waals surface area (Å²) in [7, 11) is 0. The molecule has 1 saturated carbocycles. The topological polar surface area (TPSA) is 109 Å². The molecule has 4 aromatic rings. The summed E-state index contributed by atoms with van der Waals surface area (Å²) in [6, 6.07) is 17.2. The molecule has 0 atom stereocenters. The molecule has 1 aliphatic carbocycles. The molecule has 7 nitrogen and oxygen atoms in total. The first kappa shape index (κ1) is 19.3. The van der Waals surface area contributed by atoms with Crippen LogP contribution in [-0.2, 0) is 0 Å². The van der Waals surface area contributed by atoms with Crippen molar-refractivity contribution in [2.45, 2.75) is 31.3 Å². The van der Waals surface area contributed by atoms with Gasteiger partial charge in [0.15, 0.2) is 0 Å². The molecule has 1 aliphatic rings. The van der Waals surface area contributed by atoms with E-state index in [9.17, 15) is 10.3 Å². The van der Waals surface area contributed by atoms with E-state index in [1.807, 2.05) is 72.1 Å². The number of aliphatic hydroxyl groups is 1. The van der Waals surface area contributed by atoms with Crippen molar-refractivity contribution >= 4 is 17.0 Å². The lowest BCUT2D eigenvalue weighted by atomic mass is 9.72. The number of benzene rings is 2. The minimum Gasteiger partial charge on any atom is -0.410 e. The van der Waals surface area contributed by atoms with Gasteiger partial charge in [-0.25, -0.2) is 9.97 Å². The predicted octanol–water partition coefficient (Wildman–Crippen LogP) is 3.83. The van der Waals surface area contributed by atoms with Gasteiger partial charge in [-0.15, -0.1) is 0 Å². The summed E-state index contributed by atoms with van der Waals surface area (Å²) in [5.41, 5.74) is 10.1. The number of aromatic nitrogens is 3. The Morgan fingerprint density at radius 3 is 2.42 bits per heavy atom. The molecule has 4 N–H and O–H groups in total. The van der Waals surface area contributed by atoms with E-state index in [1.54, 1.807) is 6.20 Å². The van der Waals surface area contributed by atoms with Crippen molar-refractivity contribution in [2.75, 3.05) is 5.73 Å². The molecule has 7 heteroatoms. The Bertz CT molecular complexity index is 1270. The van der Waals surface area contributed by atoms with Crippen molar-refractivity contribution in [3.05, 3.63) is 83.9 Å². The molecule has 2 heterocycles. The normalized spacial score (nSPS) is 21.2. The predicted molar refractivity (Wildman–Crippen MR) is 119 cm³/mol. The lowest BCUT2D eigenvalue weighted by molar-refractivity contribution is -0.0335. The highest BCUT2D eigenvalue weighted by Crippen LogP contribution is 2.45. The Balaban J connectivity index is 1.56. The van der Waals surface area contributed by atoms with Gasteiger partial charge in [-0.3, -0.25) is 4.40 Å². The zero-order valence-corrected chi connectivity index (χ0v) is 17.1. The molecule has 2 aromatic heterocycles. The SMILES string of the molecule is C[C@]1(O)C[C@H](c2nc(-c3ccc(C(=NO)c4ccccc4)cc3)c3c(N)nccn32)C1. The standard InChI is InChI=1S/C24H23N5O2/c1-24(30)13-18(14-24)23-27-20(21-22(25)26-11-12-29(21)23)17-9-7-16(8-10-17)19(28-31)15-5-3-2-4-6-15/h2-12,18,30-31H,13-14H2,1H3,(H2,25,26)/t18-,24-. The van der Waals surface area contributed by atoms with E-state index in [1.165, 1.54) is 0 Å². The smallest absolute Gasteiger partial charge is 0.150 e. The molecule has 2 aromatic carbocycles. The van der Waals surface area contributed by atoms with Crippen molar-refractivity contribution < 1.29 is 10.3 Å². The number of nitrogens with two attached hydrogens (primary N) is 1. The molecule has 1 fully saturated rings. The maximum Gasteiger partial charge on any atom is 0.150 e. The maximum atomic E-state index is 10.2. The number of hydrogen-bond acceptors (Lipinski definition) is 6. The summed E-state index contributed by atoms with van der Waals surface area (Å²) >= 11 is 0. The Morgan fingerprint density at radius 1 is 1.10 bits per heavy atom. The highest BCUT2D eigenvalue weighted by atomic mass is 16.4. The van der Waals surface area contributed by atoms with Crippen molar-refractivity contribution in [2.24, 2.45) is 5.16 Å². The van der Waals surface area contributed by atoms with Gasteiger partial charge in [0.25, 0.3) is 0 Å². The highest BCUT2D eigenvalue weighted by molar-refractivity contribution is 6.12. The Morgan fingerprint density at radius 2 is 1.77 bits per heavy atom. The van der Waals surface area contributed by atoms with Gasteiger partial charge in [-0.05, 0) is 19.8 Å². The van der Waals surface area contributed by atoms with Crippen molar-refractivity contribution in [1.29, 1.82) is 0 Å².